The molecule has 1 aliphatic rings. The second-order valence-electron chi connectivity index (χ2n) is 3.87. The van der Waals surface area contributed by atoms with E-state index in [1.54, 1.807) is 6.20 Å². The average Bonchev–Trinajstić information content (AvgIpc) is 2.12. The number of rotatable bonds is 3. The van der Waals surface area contributed by atoms with Crippen LogP contribution in [0.4, 0.5) is 5.82 Å². The molecule has 1 heterocycles. The third-order valence-corrected chi connectivity index (χ3v) is 3.16. The van der Waals surface area contributed by atoms with E-state index in [-0.39, 0.29) is 0 Å². The van der Waals surface area contributed by atoms with Gasteiger partial charge in [-0.25, -0.2) is 9.97 Å². The molecular weight excluding hydrogens is 242 g/mol. The molecule has 0 atom stereocenters. The molecule has 0 spiro atoms. The first-order valence-corrected chi connectivity index (χ1v) is 5.73. The van der Waals surface area contributed by atoms with Crippen LogP contribution in [0.2, 0.25) is 0 Å². The largest absolute Gasteiger partial charge is 0.358 e. The molecule has 14 heavy (non-hydrogen) atoms. The molecule has 4 heteroatoms. The molecule has 1 fully saturated rings. The zero-order valence-corrected chi connectivity index (χ0v) is 9.87. The van der Waals surface area contributed by atoms with E-state index in [9.17, 15) is 0 Å². The fourth-order valence-electron chi connectivity index (χ4n) is 1.66. The van der Waals surface area contributed by atoms with E-state index in [0.29, 0.717) is 0 Å². The Morgan fingerprint density at radius 1 is 1.43 bits per heavy atom. The second kappa shape index (κ2) is 4.26. The van der Waals surface area contributed by atoms with Crippen LogP contribution in [-0.4, -0.2) is 23.6 Å². The Labute approximate surface area is 92.7 Å². The van der Waals surface area contributed by atoms with Crippen molar-refractivity contribution < 1.29 is 0 Å². The SMILES string of the molecule is CN(CC1CCC1)c1cnc(Br)cn1. The van der Waals surface area contributed by atoms with Crippen LogP contribution in [0.25, 0.3) is 0 Å². The molecule has 0 bridgehead atoms. The highest BCUT2D eigenvalue weighted by Gasteiger charge is 2.19. The first-order valence-electron chi connectivity index (χ1n) is 4.94. The van der Waals surface area contributed by atoms with Gasteiger partial charge in [-0.1, -0.05) is 6.42 Å². The van der Waals surface area contributed by atoms with Crippen molar-refractivity contribution in [2.75, 3.05) is 18.5 Å². The van der Waals surface area contributed by atoms with E-state index in [4.69, 9.17) is 0 Å². The highest BCUT2D eigenvalue weighted by molar-refractivity contribution is 9.10. The van der Waals surface area contributed by atoms with Crippen molar-refractivity contribution in [3.05, 3.63) is 17.0 Å². The molecule has 0 aromatic carbocycles. The quantitative estimate of drug-likeness (QED) is 0.831. The smallest absolute Gasteiger partial charge is 0.146 e. The fourth-order valence-corrected chi connectivity index (χ4v) is 1.86. The second-order valence-corrected chi connectivity index (χ2v) is 4.69. The summed E-state index contributed by atoms with van der Waals surface area (Å²) in [7, 11) is 2.08. The van der Waals surface area contributed by atoms with E-state index in [1.807, 2.05) is 6.20 Å². The van der Waals surface area contributed by atoms with Crippen LogP contribution in [0.3, 0.4) is 0 Å². The van der Waals surface area contributed by atoms with Crippen molar-refractivity contribution in [2.45, 2.75) is 19.3 Å². The fraction of sp³-hybridized carbons (Fsp3) is 0.600. The van der Waals surface area contributed by atoms with E-state index in [1.165, 1.54) is 19.3 Å². The normalized spacial score (nSPS) is 16.4. The van der Waals surface area contributed by atoms with E-state index >= 15 is 0 Å². The minimum absolute atomic E-state index is 0.790. The molecule has 3 nitrogen and oxygen atoms in total. The first kappa shape index (κ1) is 9.90. The number of hydrogen-bond donors (Lipinski definition) is 0. The van der Waals surface area contributed by atoms with Gasteiger partial charge < -0.3 is 4.90 Å². The van der Waals surface area contributed by atoms with Crippen molar-refractivity contribution in [3.8, 4) is 0 Å². The highest BCUT2D eigenvalue weighted by Crippen LogP contribution is 2.27. The zero-order chi connectivity index (χ0) is 9.97. The van der Waals surface area contributed by atoms with Gasteiger partial charge in [0.2, 0.25) is 0 Å². The predicted octanol–water partition coefficient (Wildman–Crippen LogP) is 2.48. The van der Waals surface area contributed by atoms with Crippen molar-refractivity contribution in [2.24, 2.45) is 5.92 Å². The molecule has 76 valence electrons. The summed E-state index contributed by atoms with van der Waals surface area (Å²) < 4.78 is 0.790. The monoisotopic (exact) mass is 255 g/mol. The number of nitrogens with zero attached hydrogens (tertiary/aromatic N) is 3. The molecule has 1 aromatic heterocycles. The van der Waals surface area contributed by atoms with Crippen molar-refractivity contribution >= 4 is 21.7 Å². The third-order valence-electron chi connectivity index (χ3n) is 2.75. The van der Waals surface area contributed by atoms with Crippen LogP contribution in [0.1, 0.15) is 19.3 Å². The van der Waals surface area contributed by atoms with Gasteiger partial charge in [-0.3, -0.25) is 0 Å². The molecule has 0 amide bonds. The molecule has 1 aromatic rings. The Morgan fingerprint density at radius 3 is 2.71 bits per heavy atom. The molecular formula is C10H14BrN3. The van der Waals surface area contributed by atoms with Crippen molar-refractivity contribution in [1.29, 1.82) is 0 Å². The average molecular weight is 256 g/mol. The Hall–Kier alpha value is -0.640. The summed E-state index contributed by atoms with van der Waals surface area (Å²) in [5.41, 5.74) is 0. The van der Waals surface area contributed by atoms with Crippen LogP contribution in [0, 0.1) is 5.92 Å². The number of aromatic nitrogens is 2. The molecule has 0 saturated heterocycles. The number of hydrogen-bond acceptors (Lipinski definition) is 3. The maximum atomic E-state index is 4.31. The van der Waals surface area contributed by atoms with Crippen LogP contribution in [-0.2, 0) is 0 Å². The highest BCUT2D eigenvalue weighted by atomic mass is 79.9. The molecule has 0 unspecified atom stereocenters. The number of anilines is 1. The molecule has 0 radical (unpaired) electrons. The van der Waals surface area contributed by atoms with Gasteiger partial charge in [-0.2, -0.15) is 0 Å². The lowest BCUT2D eigenvalue weighted by atomic mass is 9.85. The van der Waals surface area contributed by atoms with Gasteiger partial charge in [0, 0.05) is 13.6 Å². The van der Waals surface area contributed by atoms with Crippen LogP contribution in [0.15, 0.2) is 17.0 Å². The van der Waals surface area contributed by atoms with Gasteiger partial charge in [0.1, 0.15) is 10.4 Å². The van der Waals surface area contributed by atoms with Crippen LogP contribution in [0.5, 0.6) is 0 Å². The molecule has 0 aliphatic heterocycles. The maximum absolute atomic E-state index is 4.31. The van der Waals surface area contributed by atoms with Gasteiger partial charge in [-0.05, 0) is 34.7 Å². The summed E-state index contributed by atoms with van der Waals surface area (Å²) in [5, 5.41) is 0. The molecule has 0 N–H and O–H groups in total. The molecule has 2 rings (SSSR count). The van der Waals surface area contributed by atoms with E-state index in [0.717, 1.165) is 22.9 Å². The van der Waals surface area contributed by atoms with Crippen molar-refractivity contribution in [1.82, 2.24) is 9.97 Å². The minimum atomic E-state index is 0.790. The Bertz CT molecular complexity index is 295. The lowest BCUT2D eigenvalue weighted by Crippen LogP contribution is -2.29. The molecule has 1 saturated carbocycles. The summed E-state index contributed by atoms with van der Waals surface area (Å²) in [6.07, 6.45) is 7.68. The Balaban J connectivity index is 1.95. The van der Waals surface area contributed by atoms with Gasteiger partial charge in [0.25, 0.3) is 0 Å². The maximum Gasteiger partial charge on any atom is 0.146 e. The summed E-state index contributed by atoms with van der Waals surface area (Å²) in [5.74, 6) is 1.82. The van der Waals surface area contributed by atoms with Crippen molar-refractivity contribution in [3.63, 3.8) is 0 Å². The predicted molar refractivity (Wildman–Crippen MR) is 60.3 cm³/mol. The summed E-state index contributed by atoms with van der Waals surface area (Å²) in [4.78, 5) is 10.7. The summed E-state index contributed by atoms with van der Waals surface area (Å²) in [6.45, 7) is 1.11. The number of halogens is 1. The first-order chi connectivity index (χ1) is 6.75. The van der Waals surface area contributed by atoms with Gasteiger partial charge in [0.05, 0.1) is 12.4 Å². The Kier molecular flexibility index (Phi) is 3.01. The zero-order valence-electron chi connectivity index (χ0n) is 8.28. The Morgan fingerprint density at radius 2 is 2.21 bits per heavy atom. The van der Waals surface area contributed by atoms with E-state index < -0.39 is 0 Å². The van der Waals surface area contributed by atoms with Gasteiger partial charge >= 0.3 is 0 Å². The van der Waals surface area contributed by atoms with Gasteiger partial charge in [-0.15, -0.1) is 0 Å². The van der Waals surface area contributed by atoms with E-state index in [2.05, 4.69) is 37.8 Å². The standard InChI is InChI=1S/C10H14BrN3/c1-14(7-8-3-2-4-8)10-6-12-9(11)5-13-10/h5-6,8H,2-4,7H2,1H3. The van der Waals surface area contributed by atoms with Gasteiger partial charge in [0.15, 0.2) is 0 Å². The third kappa shape index (κ3) is 2.23. The topological polar surface area (TPSA) is 29.0 Å². The summed E-state index contributed by atoms with van der Waals surface area (Å²) >= 11 is 3.28. The lowest BCUT2D eigenvalue weighted by Gasteiger charge is -2.30. The van der Waals surface area contributed by atoms with Crippen LogP contribution >= 0.6 is 15.9 Å². The van der Waals surface area contributed by atoms with Crippen LogP contribution < -0.4 is 4.90 Å². The minimum Gasteiger partial charge on any atom is -0.358 e. The lowest BCUT2D eigenvalue weighted by molar-refractivity contribution is 0.321. The molecule has 1 aliphatic carbocycles. The summed E-state index contributed by atoms with van der Waals surface area (Å²) in [6, 6.07) is 0.